The average molecular weight is 930 g/mol. The van der Waals surface area contributed by atoms with Gasteiger partial charge in [-0.3, -0.25) is 24.5 Å². The molecule has 0 aromatic carbocycles. The number of carbonyl (C=O) groups is 3. The summed E-state index contributed by atoms with van der Waals surface area (Å²) in [6, 6.07) is 0. The zero-order valence-corrected chi connectivity index (χ0v) is 43.3. The Hall–Kier alpha value is -2.97. The minimum atomic E-state index is -2.49. The summed E-state index contributed by atoms with van der Waals surface area (Å²) < 4.78 is 16.2. The molecule has 9 heteroatoms. The molecule has 0 aliphatic rings. The molecule has 0 fully saturated rings. The molecule has 0 heterocycles. The highest BCUT2D eigenvalue weighted by Gasteiger charge is 2.50. The molecule has 0 rings (SSSR count). The predicted molar refractivity (Wildman–Crippen MR) is 276 cm³/mol. The average Bonchev–Trinajstić information content (AvgIpc) is 3.31. The quantitative estimate of drug-likeness (QED) is 0.0112. The monoisotopic (exact) mass is 930 g/mol. The van der Waals surface area contributed by atoms with Crippen molar-refractivity contribution in [1.82, 2.24) is 0 Å². The number of hydrogen-bond acceptors (Lipinski definition) is 8. The van der Waals surface area contributed by atoms with Crippen LogP contribution in [0.1, 0.15) is 290 Å². The van der Waals surface area contributed by atoms with E-state index in [0.717, 1.165) is 116 Å². The van der Waals surface area contributed by atoms with Crippen molar-refractivity contribution in [1.29, 1.82) is 0 Å². The molecule has 0 unspecified atom stereocenters. The molecular weight excluding hydrogens is 827 g/mol. The fourth-order valence-corrected chi connectivity index (χ4v) is 8.06. The lowest BCUT2D eigenvalue weighted by Gasteiger charge is -2.24. The van der Waals surface area contributed by atoms with Crippen LogP contribution in [0.3, 0.4) is 0 Å². The van der Waals surface area contributed by atoms with Crippen LogP contribution < -0.4 is 0 Å². The number of esters is 3. The van der Waals surface area contributed by atoms with Gasteiger partial charge in [0.1, 0.15) is 0 Å². The fourth-order valence-electron chi connectivity index (χ4n) is 8.06. The molecule has 0 amide bonds. The van der Waals surface area contributed by atoms with Gasteiger partial charge in [0.25, 0.3) is 0 Å². The number of nitro groups is 1. The third-order valence-corrected chi connectivity index (χ3v) is 12.5. The summed E-state index contributed by atoms with van der Waals surface area (Å²) in [6.07, 6.45) is 58.0. The molecule has 0 saturated carbocycles. The molecule has 0 aromatic rings. The number of rotatable bonds is 51. The fraction of sp³-hybridized carbons (Fsp3) is 0.842. The van der Waals surface area contributed by atoms with Crippen LogP contribution in [0.5, 0.6) is 0 Å². The van der Waals surface area contributed by atoms with E-state index in [-0.39, 0.29) is 19.3 Å². The predicted octanol–water partition coefficient (Wildman–Crippen LogP) is 17.7. The van der Waals surface area contributed by atoms with E-state index >= 15 is 0 Å². The highest BCUT2D eigenvalue weighted by atomic mass is 16.7. The molecule has 0 spiro atoms. The van der Waals surface area contributed by atoms with Crippen molar-refractivity contribution < 1.29 is 33.5 Å². The molecule has 0 aliphatic carbocycles. The minimum Gasteiger partial charge on any atom is -0.453 e. The van der Waals surface area contributed by atoms with Gasteiger partial charge < -0.3 is 14.2 Å². The Bertz CT molecular complexity index is 1160. The Labute approximate surface area is 406 Å². The minimum absolute atomic E-state index is 0.000522. The van der Waals surface area contributed by atoms with Crippen molar-refractivity contribution in [2.24, 2.45) is 0 Å². The molecule has 0 bridgehead atoms. The first kappa shape index (κ1) is 63.0. The summed E-state index contributed by atoms with van der Waals surface area (Å²) in [4.78, 5) is 50.3. The molecule has 0 aliphatic heterocycles. The standard InChI is InChI=1S/C57H103NO8/c1-4-7-10-13-16-19-22-25-28-31-34-37-40-43-46-49-54(59)64-52-57(58(62)63,66-56(61)51-48-45-42-39-36-33-30-27-24-21-18-15-12-9-6-3)53-65-55(60)50-47-44-41-38-35-32-29-26-23-20-17-14-11-8-5-2/h25-30H,4-24,31-53H2,1-3H3/b28-25+,29-26+,30-27+. The van der Waals surface area contributed by atoms with Crippen LogP contribution in [-0.2, 0) is 28.6 Å². The maximum Gasteiger partial charge on any atom is 0.433 e. The summed E-state index contributed by atoms with van der Waals surface area (Å²) in [5.41, 5.74) is -2.49. The molecule has 0 atom stereocenters. The van der Waals surface area contributed by atoms with Crippen molar-refractivity contribution >= 4 is 17.9 Å². The van der Waals surface area contributed by atoms with E-state index in [1.807, 2.05) is 0 Å². The number of carbonyl (C=O) groups excluding carboxylic acids is 3. The smallest absolute Gasteiger partial charge is 0.433 e. The summed E-state index contributed by atoms with van der Waals surface area (Å²) in [5, 5.41) is 12.5. The van der Waals surface area contributed by atoms with Crippen LogP contribution in [0.2, 0.25) is 0 Å². The maximum atomic E-state index is 13.0. The number of ether oxygens (including phenoxy) is 3. The van der Waals surface area contributed by atoms with Crippen molar-refractivity contribution in [2.45, 2.75) is 296 Å². The topological polar surface area (TPSA) is 122 Å². The van der Waals surface area contributed by atoms with Gasteiger partial charge in [-0.15, -0.1) is 0 Å². The number of nitrogens with zero attached hydrogens (tertiary/aromatic N) is 1. The van der Waals surface area contributed by atoms with Gasteiger partial charge in [0.2, 0.25) is 13.2 Å². The molecule has 9 nitrogen and oxygen atoms in total. The maximum absolute atomic E-state index is 13.0. The Kier molecular flexibility index (Phi) is 47.7. The number of allylic oxidation sites excluding steroid dienone is 6. The van der Waals surface area contributed by atoms with Gasteiger partial charge in [0.05, 0.1) is 4.92 Å². The van der Waals surface area contributed by atoms with E-state index in [2.05, 4.69) is 57.2 Å². The lowest BCUT2D eigenvalue weighted by Crippen LogP contribution is -2.52. The van der Waals surface area contributed by atoms with Crippen molar-refractivity contribution in [2.75, 3.05) is 13.2 Å². The Morgan fingerprint density at radius 2 is 0.591 bits per heavy atom. The summed E-state index contributed by atoms with van der Waals surface area (Å²) in [6.45, 7) is 5.12. The van der Waals surface area contributed by atoms with Crippen LogP contribution in [0.4, 0.5) is 0 Å². The molecule has 384 valence electrons. The first-order chi connectivity index (χ1) is 32.3. The summed E-state index contributed by atoms with van der Waals surface area (Å²) in [7, 11) is 0. The summed E-state index contributed by atoms with van der Waals surface area (Å²) >= 11 is 0. The van der Waals surface area contributed by atoms with E-state index in [0.29, 0.717) is 19.3 Å². The molecule has 0 radical (unpaired) electrons. The van der Waals surface area contributed by atoms with Crippen LogP contribution in [0.25, 0.3) is 0 Å². The third-order valence-electron chi connectivity index (χ3n) is 12.5. The number of hydrogen-bond donors (Lipinski definition) is 0. The van der Waals surface area contributed by atoms with Crippen LogP contribution in [0, 0.1) is 10.1 Å². The van der Waals surface area contributed by atoms with Crippen LogP contribution >= 0.6 is 0 Å². The second kappa shape index (κ2) is 49.9. The number of unbranched alkanes of at least 4 members (excludes halogenated alkanes) is 33. The van der Waals surface area contributed by atoms with Gasteiger partial charge in [-0.05, 0) is 96.3 Å². The Morgan fingerprint density at radius 3 is 0.848 bits per heavy atom. The third kappa shape index (κ3) is 43.6. The van der Waals surface area contributed by atoms with E-state index in [4.69, 9.17) is 14.2 Å². The van der Waals surface area contributed by atoms with E-state index < -0.39 is 41.8 Å². The van der Waals surface area contributed by atoms with Gasteiger partial charge in [-0.1, -0.05) is 211 Å². The van der Waals surface area contributed by atoms with Crippen molar-refractivity contribution in [3.63, 3.8) is 0 Å². The molecular formula is C57H103NO8. The van der Waals surface area contributed by atoms with E-state index in [1.165, 1.54) is 116 Å². The van der Waals surface area contributed by atoms with Gasteiger partial charge in [-0.25, -0.2) is 0 Å². The SMILES string of the molecule is CCCCCCCC/C=C/CCCCCCCC(=O)OCC(COC(=O)CCCCCCC/C=C/CCCCCCCC)(OC(=O)CCCCCCC/C=C/CCCCCCCC)[N+](=O)[O-]. The summed E-state index contributed by atoms with van der Waals surface area (Å²) in [5.74, 6) is -1.94. The lowest BCUT2D eigenvalue weighted by molar-refractivity contribution is -0.627. The van der Waals surface area contributed by atoms with Gasteiger partial charge in [0.15, 0.2) is 0 Å². The molecule has 66 heavy (non-hydrogen) atoms. The highest BCUT2D eigenvalue weighted by Crippen LogP contribution is 2.20. The first-order valence-electron chi connectivity index (χ1n) is 27.9. The van der Waals surface area contributed by atoms with Gasteiger partial charge in [0, 0.05) is 19.3 Å². The Morgan fingerprint density at radius 1 is 0.364 bits per heavy atom. The molecule has 0 aromatic heterocycles. The normalized spacial score (nSPS) is 11.9. The lowest BCUT2D eigenvalue weighted by atomic mass is 10.1. The van der Waals surface area contributed by atoms with E-state index in [1.54, 1.807) is 0 Å². The zero-order chi connectivity index (χ0) is 48.3. The van der Waals surface area contributed by atoms with Crippen molar-refractivity contribution in [3.05, 3.63) is 46.6 Å². The molecule has 0 N–H and O–H groups in total. The van der Waals surface area contributed by atoms with Crippen LogP contribution in [0.15, 0.2) is 36.5 Å². The highest BCUT2D eigenvalue weighted by molar-refractivity contribution is 5.71. The van der Waals surface area contributed by atoms with Gasteiger partial charge >= 0.3 is 23.6 Å². The first-order valence-corrected chi connectivity index (χ1v) is 27.9. The second-order valence-corrected chi connectivity index (χ2v) is 19.0. The van der Waals surface area contributed by atoms with Crippen LogP contribution in [-0.4, -0.2) is 41.8 Å². The zero-order valence-electron chi connectivity index (χ0n) is 43.3. The largest absolute Gasteiger partial charge is 0.453 e. The van der Waals surface area contributed by atoms with Gasteiger partial charge in [-0.2, -0.15) is 0 Å². The molecule has 0 saturated heterocycles. The van der Waals surface area contributed by atoms with Crippen molar-refractivity contribution in [3.8, 4) is 0 Å². The Balaban J connectivity index is 4.76. The van der Waals surface area contributed by atoms with E-state index in [9.17, 15) is 24.5 Å². The second-order valence-electron chi connectivity index (χ2n) is 19.0.